The van der Waals surface area contributed by atoms with Gasteiger partial charge in [-0.25, -0.2) is 0 Å². The maximum absolute atomic E-state index is 5.23. The molecule has 0 unspecified atom stereocenters. The van der Waals surface area contributed by atoms with Gasteiger partial charge in [0.05, 0.1) is 0 Å². The van der Waals surface area contributed by atoms with Crippen LogP contribution in [-0.2, 0) is 0 Å². The summed E-state index contributed by atoms with van der Waals surface area (Å²) in [5.74, 6) is 1.74. The molecule has 0 aliphatic heterocycles. The van der Waals surface area contributed by atoms with Crippen molar-refractivity contribution in [1.29, 1.82) is 0 Å². The van der Waals surface area contributed by atoms with Gasteiger partial charge in [-0.3, -0.25) is 0 Å². The zero-order valence-electron chi connectivity index (χ0n) is 4.89. The first-order chi connectivity index (χ1) is 3.88. The summed E-state index contributed by atoms with van der Waals surface area (Å²) in [5.41, 5.74) is 0. The minimum atomic E-state index is 0.870. The molecule has 0 amide bonds. The maximum atomic E-state index is 5.23. The molecule has 2 rings (SSSR count). The zero-order chi connectivity index (χ0) is 5.56. The highest BCUT2D eigenvalue weighted by Crippen LogP contribution is 2.41. The molecule has 0 aromatic rings. The zero-order valence-corrected chi connectivity index (χ0v) is 5.71. The van der Waals surface area contributed by atoms with Gasteiger partial charge >= 0.3 is 0 Å². The predicted molar refractivity (Wildman–Crippen MR) is 38.0 cm³/mol. The van der Waals surface area contributed by atoms with Crippen molar-refractivity contribution in [3.63, 3.8) is 0 Å². The van der Waals surface area contributed by atoms with E-state index in [-0.39, 0.29) is 0 Å². The largest absolute Gasteiger partial charge is 0.0891 e. The summed E-state index contributed by atoms with van der Waals surface area (Å²) in [6, 6.07) is 0. The molecule has 2 bridgehead atoms. The van der Waals surface area contributed by atoms with E-state index in [0.717, 1.165) is 11.8 Å². The summed E-state index contributed by atoms with van der Waals surface area (Å²) in [6.07, 6.45) is 5.62. The Balaban J connectivity index is 2.28. The Morgan fingerprint density at radius 2 is 1.38 bits per heavy atom. The second kappa shape index (κ2) is 1.53. The minimum absolute atomic E-state index is 0.870. The van der Waals surface area contributed by atoms with Gasteiger partial charge < -0.3 is 0 Å². The monoisotopic (exact) mass is 126 g/mol. The summed E-state index contributed by atoms with van der Waals surface area (Å²) < 4.78 is 0. The van der Waals surface area contributed by atoms with E-state index in [9.17, 15) is 0 Å². The predicted octanol–water partition coefficient (Wildman–Crippen LogP) is 2.18. The van der Waals surface area contributed by atoms with Gasteiger partial charge in [-0.15, -0.1) is 0 Å². The van der Waals surface area contributed by atoms with Crippen LogP contribution >= 0.6 is 12.2 Å². The number of hydrogen-bond acceptors (Lipinski definition) is 1. The molecular weight excluding hydrogens is 116 g/mol. The summed E-state index contributed by atoms with van der Waals surface area (Å²) in [7, 11) is 0. The highest BCUT2D eigenvalue weighted by Gasteiger charge is 2.36. The Hall–Kier alpha value is 0.0900. The van der Waals surface area contributed by atoms with Crippen molar-refractivity contribution in [3.05, 3.63) is 0 Å². The highest BCUT2D eigenvalue weighted by atomic mass is 32.1. The first-order valence-electron chi connectivity index (χ1n) is 3.41. The number of fused-ring (bicyclic) bond motifs is 2. The molecule has 0 aromatic heterocycles. The summed E-state index contributed by atoms with van der Waals surface area (Å²) >= 11 is 5.23. The van der Waals surface area contributed by atoms with Gasteiger partial charge in [0.1, 0.15) is 0 Å². The van der Waals surface area contributed by atoms with Gasteiger partial charge in [-0.05, 0) is 42.4 Å². The summed E-state index contributed by atoms with van der Waals surface area (Å²) in [6.45, 7) is 0. The minimum Gasteiger partial charge on any atom is -0.0891 e. The molecule has 0 nitrogen and oxygen atoms in total. The van der Waals surface area contributed by atoms with Crippen molar-refractivity contribution in [2.75, 3.05) is 0 Å². The average molecular weight is 126 g/mol. The van der Waals surface area contributed by atoms with Crippen molar-refractivity contribution in [1.82, 2.24) is 0 Å². The first-order valence-corrected chi connectivity index (χ1v) is 3.82. The fourth-order valence-corrected chi connectivity index (χ4v) is 2.47. The van der Waals surface area contributed by atoms with Crippen molar-refractivity contribution in [3.8, 4) is 0 Å². The van der Waals surface area contributed by atoms with Crippen molar-refractivity contribution in [2.45, 2.75) is 25.7 Å². The lowest BCUT2D eigenvalue weighted by Crippen LogP contribution is -1.97. The molecule has 0 heterocycles. The van der Waals surface area contributed by atoms with Crippen LogP contribution in [0.1, 0.15) is 25.7 Å². The van der Waals surface area contributed by atoms with Gasteiger partial charge in [0.15, 0.2) is 0 Å². The van der Waals surface area contributed by atoms with Crippen LogP contribution in [0.3, 0.4) is 0 Å². The second-order valence-corrected chi connectivity index (χ2v) is 3.42. The second-order valence-electron chi connectivity index (χ2n) is 2.95. The van der Waals surface area contributed by atoms with Gasteiger partial charge in [0.25, 0.3) is 0 Å². The van der Waals surface area contributed by atoms with Crippen LogP contribution in [0.5, 0.6) is 0 Å². The van der Waals surface area contributed by atoms with E-state index < -0.39 is 0 Å². The van der Waals surface area contributed by atoms with E-state index in [4.69, 9.17) is 12.2 Å². The summed E-state index contributed by atoms with van der Waals surface area (Å²) in [4.78, 5) is 1.41. The number of hydrogen-bond donors (Lipinski definition) is 0. The number of rotatable bonds is 0. The molecule has 0 saturated heterocycles. The van der Waals surface area contributed by atoms with Gasteiger partial charge in [0.2, 0.25) is 0 Å². The quantitative estimate of drug-likeness (QED) is 0.448. The van der Waals surface area contributed by atoms with Crippen LogP contribution in [0, 0.1) is 11.8 Å². The summed E-state index contributed by atoms with van der Waals surface area (Å²) in [5, 5.41) is 0. The molecule has 44 valence electrons. The molecule has 0 N–H and O–H groups in total. The van der Waals surface area contributed by atoms with E-state index in [1.54, 1.807) is 0 Å². The lowest BCUT2D eigenvalue weighted by molar-refractivity contribution is 0.480. The Morgan fingerprint density at radius 3 is 1.50 bits per heavy atom. The van der Waals surface area contributed by atoms with Crippen LogP contribution in [0.25, 0.3) is 0 Å². The molecule has 2 aliphatic carbocycles. The molecule has 0 atom stereocenters. The first kappa shape index (κ1) is 4.92. The SMILES string of the molecule is S=C1C2CCC1CC2. The lowest BCUT2D eigenvalue weighted by atomic mass is 10.0. The molecule has 0 spiro atoms. The van der Waals surface area contributed by atoms with Gasteiger partial charge in [0, 0.05) is 0 Å². The Kier molecular flexibility index (Phi) is 0.944. The highest BCUT2D eigenvalue weighted by molar-refractivity contribution is 7.80. The van der Waals surface area contributed by atoms with Crippen molar-refractivity contribution in [2.24, 2.45) is 11.8 Å². The fraction of sp³-hybridized carbons (Fsp3) is 0.857. The molecule has 1 heteroatoms. The standard InChI is InChI=1S/C7H10S/c8-7-5-1-2-6(7)4-3-5/h5-6H,1-4H2. The van der Waals surface area contributed by atoms with E-state index in [2.05, 4.69) is 0 Å². The number of thiocarbonyl (C=S) groups is 1. The van der Waals surface area contributed by atoms with Crippen LogP contribution in [-0.4, -0.2) is 4.86 Å². The smallest absolute Gasteiger partial charge is 0.000968 e. The molecule has 2 saturated carbocycles. The van der Waals surface area contributed by atoms with Crippen molar-refractivity contribution < 1.29 is 0 Å². The molecule has 0 radical (unpaired) electrons. The van der Waals surface area contributed by atoms with E-state index in [1.807, 2.05) is 0 Å². The van der Waals surface area contributed by atoms with E-state index in [1.165, 1.54) is 30.5 Å². The molecule has 0 aromatic carbocycles. The normalized spacial score (nSPS) is 43.8. The fourth-order valence-electron chi connectivity index (χ4n) is 2.00. The van der Waals surface area contributed by atoms with Crippen LogP contribution in [0.2, 0.25) is 0 Å². The Bertz CT molecular complexity index is 106. The molecule has 2 aliphatic rings. The Morgan fingerprint density at radius 1 is 1.00 bits per heavy atom. The van der Waals surface area contributed by atoms with Crippen LogP contribution < -0.4 is 0 Å². The molecule has 8 heavy (non-hydrogen) atoms. The van der Waals surface area contributed by atoms with E-state index >= 15 is 0 Å². The topological polar surface area (TPSA) is 0 Å². The third-order valence-corrected chi connectivity index (χ3v) is 3.20. The maximum Gasteiger partial charge on any atom is -0.000968 e. The third-order valence-electron chi connectivity index (χ3n) is 2.53. The van der Waals surface area contributed by atoms with Crippen LogP contribution in [0.15, 0.2) is 0 Å². The van der Waals surface area contributed by atoms with Crippen LogP contribution in [0.4, 0.5) is 0 Å². The Labute approximate surface area is 55.3 Å². The van der Waals surface area contributed by atoms with Crippen molar-refractivity contribution >= 4 is 17.1 Å². The third kappa shape index (κ3) is 0.482. The molecular formula is C7H10S. The average Bonchev–Trinajstić information content (AvgIpc) is 2.29. The van der Waals surface area contributed by atoms with Gasteiger partial charge in [-0.2, -0.15) is 0 Å². The van der Waals surface area contributed by atoms with E-state index in [0.29, 0.717) is 0 Å². The lowest BCUT2D eigenvalue weighted by Gasteiger charge is -2.03. The van der Waals surface area contributed by atoms with Gasteiger partial charge in [-0.1, -0.05) is 12.2 Å². The molecule has 2 fully saturated rings.